The van der Waals surface area contributed by atoms with E-state index in [1.165, 1.54) is 18.2 Å². The van der Waals surface area contributed by atoms with Crippen molar-refractivity contribution in [1.82, 2.24) is 0 Å². The van der Waals surface area contributed by atoms with E-state index in [0.717, 1.165) is 0 Å². The van der Waals surface area contributed by atoms with Crippen LogP contribution in [-0.2, 0) is 9.53 Å². The number of esters is 1. The Balaban J connectivity index is 2.52. The van der Waals surface area contributed by atoms with Gasteiger partial charge in [-0.25, -0.2) is 0 Å². The molecule has 0 unspecified atom stereocenters. The molecule has 0 radical (unpaired) electrons. The van der Waals surface area contributed by atoms with E-state index in [-0.39, 0.29) is 23.1 Å². The predicted octanol–water partition coefficient (Wildman–Crippen LogP) is 2.91. The summed E-state index contributed by atoms with van der Waals surface area (Å²) in [6.07, 6.45) is 0. The van der Waals surface area contributed by atoms with Gasteiger partial charge in [-0.15, -0.1) is 0 Å². The van der Waals surface area contributed by atoms with Crippen LogP contribution in [0.25, 0.3) is 0 Å². The molecule has 1 N–H and O–H groups in total. The van der Waals surface area contributed by atoms with Crippen LogP contribution in [0, 0.1) is 5.21 Å². The lowest BCUT2D eigenvalue weighted by molar-refractivity contribution is -0.143. The van der Waals surface area contributed by atoms with E-state index in [1.807, 2.05) is 0 Å². The summed E-state index contributed by atoms with van der Waals surface area (Å²) < 4.78 is 4.97. The SMILES string of the molecule is CCOC(=O)[C@H](C(=O)c1ccccc1)c1ccccc1N([O-])O. The first-order valence-corrected chi connectivity index (χ1v) is 7.07. The Kier molecular flexibility index (Phi) is 5.46. The van der Waals surface area contributed by atoms with E-state index in [4.69, 9.17) is 4.74 Å². The molecule has 0 aliphatic rings. The summed E-state index contributed by atoms with van der Waals surface area (Å²) in [6.45, 7) is 1.72. The molecule has 0 fully saturated rings. The molecule has 0 saturated carbocycles. The predicted molar refractivity (Wildman–Crippen MR) is 84.2 cm³/mol. The Labute approximate surface area is 133 Å². The third kappa shape index (κ3) is 3.74. The van der Waals surface area contributed by atoms with Crippen LogP contribution < -0.4 is 5.23 Å². The molecule has 2 rings (SSSR count). The van der Waals surface area contributed by atoms with Gasteiger partial charge in [-0.05, 0) is 18.6 Å². The second-order valence-electron chi connectivity index (χ2n) is 4.75. The molecule has 23 heavy (non-hydrogen) atoms. The minimum Gasteiger partial charge on any atom is -0.733 e. The fourth-order valence-corrected chi connectivity index (χ4v) is 2.28. The van der Waals surface area contributed by atoms with Crippen molar-refractivity contribution in [2.45, 2.75) is 12.8 Å². The average Bonchev–Trinajstić information content (AvgIpc) is 2.56. The highest BCUT2D eigenvalue weighted by Crippen LogP contribution is 2.30. The highest BCUT2D eigenvalue weighted by Gasteiger charge is 2.32. The Morgan fingerprint density at radius 2 is 1.74 bits per heavy atom. The van der Waals surface area contributed by atoms with Crippen molar-refractivity contribution in [1.29, 1.82) is 0 Å². The Morgan fingerprint density at radius 3 is 2.35 bits per heavy atom. The molecule has 0 heterocycles. The zero-order chi connectivity index (χ0) is 16.8. The van der Waals surface area contributed by atoms with E-state index < -0.39 is 17.7 Å². The Hall–Kier alpha value is -2.70. The van der Waals surface area contributed by atoms with Gasteiger partial charge in [0, 0.05) is 5.56 Å². The van der Waals surface area contributed by atoms with Crippen LogP contribution in [0.5, 0.6) is 0 Å². The molecule has 0 aliphatic heterocycles. The standard InChI is InChI=1S/C17H16NO5/c1-2-23-17(20)15(16(19)12-8-4-3-5-9-12)13-10-6-7-11-14(13)18(21)22/h3-11,15,21H,2H2,1H3/q-1/t15-/m0/s1. The summed E-state index contributed by atoms with van der Waals surface area (Å²) in [6, 6.07) is 14.1. The van der Waals surface area contributed by atoms with Crippen LogP contribution in [-0.4, -0.2) is 23.6 Å². The number of carbonyl (C=O) groups is 2. The average molecular weight is 314 g/mol. The fourth-order valence-electron chi connectivity index (χ4n) is 2.28. The maximum absolute atomic E-state index is 12.7. The maximum Gasteiger partial charge on any atom is 0.321 e. The lowest BCUT2D eigenvalue weighted by Gasteiger charge is -2.27. The van der Waals surface area contributed by atoms with Crippen molar-refractivity contribution in [3.05, 3.63) is 70.9 Å². The molecule has 0 aliphatic carbocycles. The van der Waals surface area contributed by atoms with Gasteiger partial charge in [0.05, 0.1) is 12.3 Å². The summed E-state index contributed by atoms with van der Waals surface area (Å²) in [5.41, 5.74) is 0.239. The van der Waals surface area contributed by atoms with E-state index in [9.17, 15) is 20.0 Å². The summed E-state index contributed by atoms with van der Waals surface area (Å²) in [5.74, 6) is -2.59. The molecular weight excluding hydrogens is 298 g/mol. The normalized spacial score (nSPS) is 11.6. The van der Waals surface area contributed by atoms with E-state index in [1.54, 1.807) is 43.3 Å². The van der Waals surface area contributed by atoms with Gasteiger partial charge in [0.25, 0.3) is 0 Å². The van der Waals surface area contributed by atoms with Gasteiger partial charge in [-0.3, -0.25) is 14.8 Å². The number of Topliss-reactive ketones (excluding diaryl/α,β-unsaturated/α-hetero) is 1. The Bertz CT molecular complexity index is 684. The van der Waals surface area contributed by atoms with Gasteiger partial charge in [0.2, 0.25) is 0 Å². The molecular formula is C17H16NO5-. The monoisotopic (exact) mass is 314 g/mol. The van der Waals surface area contributed by atoms with Crippen molar-refractivity contribution in [2.24, 2.45) is 0 Å². The van der Waals surface area contributed by atoms with E-state index in [2.05, 4.69) is 0 Å². The molecule has 6 heteroatoms. The number of hydrogen-bond donors (Lipinski definition) is 1. The van der Waals surface area contributed by atoms with Crippen LogP contribution in [0.2, 0.25) is 0 Å². The van der Waals surface area contributed by atoms with Gasteiger partial charge in [-0.2, -0.15) is 0 Å². The smallest absolute Gasteiger partial charge is 0.321 e. The second-order valence-corrected chi connectivity index (χ2v) is 4.75. The van der Waals surface area contributed by atoms with Gasteiger partial charge in [0.15, 0.2) is 5.78 Å². The van der Waals surface area contributed by atoms with Gasteiger partial charge >= 0.3 is 5.97 Å². The lowest BCUT2D eigenvalue weighted by atomic mass is 9.89. The molecule has 2 aromatic rings. The molecule has 0 saturated heterocycles. The first-order chi connectivity index (χ1) is 11.1. The van der Waals surface area contributed by atoms with Crippen molar-refractivity contribution in [3.8, 4) is 0 Å². The molecule has 120 valence electrons. The van der Waals surface area contributed by atoms with Crippen molar-refractivity contribution in [2.75, 3.05) is 11.8 Å². The quantitative estimate of drug-likeness (QED) is 0.381. The summed E-state index contributed by atoms with van der Waals surface area (Å²) in [5, 5.41) is 20.2. The molecule has 0 aromatic heterocycles. The molecule has 0 amide bonds. The third-order valence-electron chi connectivity index (χ3n) is 3.30. The highest BCUT2D eigenvalue weighted by atomic mass is 16.8. The molecule has 6 nitrogen and oxygen atoms in total. The lowest BCUT2D eigenvalue weighted by Crippen LogP contribution is -2.26. The fraction of sp³-hybridized carbons (Fsp3) is 0.176. The van der Waals surface area contributed by atoms with Crippen LogP contribution in [0.4, 0.5) is 5.69 Å². The van der Waals surface area contributed by atoms with Gasteiger partial charge in [-0.1, -0.05) is 48.5 Å². The number of anilines is 1. The number of carbonyl (C=O) groups excluding carboxylic acids is 2. The second kappa shape index (κ2) is 7.53. The van der Waals surface area contributed by atoms with Gasteiger partial charge < -0.3 is 15.2 Å². The number of hydrogen-bond acceptors (Lipinski definition) is 6. The van der Waals surface area contributed by atoms with Crippen molar-refractivity contribution >= 4 is 17.4 Å². The molecule has 0 bridgehead atoms. The zero-order valence-electron chi connectivity index (χ0n) is 12.5. The third-order valence-corrected chi connectivity index (χ3v) is 3.30. The number of benzene rings is 2. The van der Waals surface area contributed by atoms with Crippen LogP contribution in [0.15, 0.2) is 54.6 Å². The van der Waals surface area contributed by atoms with Crippen LogP contribution in [0.3, 0.4) is 0 Å². The number of rotatable bonds is 6. The van der Waals surface area contributed by atoms with Crippen molar-refractivity contribution in [3.63, 3.8) is 0 Å². The molecule has 2 aromatic carbocycles. The number of ketones is 1. The first-order valence-electron chi connectivity index (χ1n) is 7.07. The summed E-state index contributed by atoms with van der Waals surface area (Å²) >= 11 is 0. The van der Waals surface area contributed by atoms with Gasteiger partial charge in [0.1, 0.15) is 5.92 Å². The number of para-hydroxylation sites is 1. The minimum atomic E-state index is -1.32. The minimum absolute atomic E-state index is 0.0947. The first kappa shape index (κ1) is 16.7. The maximum atomic E-state index is 12.7. The topological polar surface area (TPSA) is 89.9 Å². The van der Waals surface area contributed by atoms with Crippen LogP contribution >= 0.6 is 0 Å². The Morgan fingerprint density at radius 1 is 1.13 bits per heavy atom. The zero-order valence-corrected chi connectivity index (χ0v) is 12.5. The highest BCUT2D eigenvalue weighted by molar-refractivity contribution is 6.13. The molecule has 1 atom stereocenters. The van der Waals surface area contributed by atoms with E-state index >= 15 is 0 Å². The number of ether oxygens (including phenoxy) is 1. The summed E-state index contributed by atoms with van der Waals surface area (Å²) in [4.78, 5) is 25.0. The largest absolute Gasteiger partial charge is 0.733 e. The summed E-state index contributed by atoms with van der Waals surface area (Å²) in [7, 11) is 0. The van der Waals surface area contributed by atoms with Crippen molar-refractivity contribution < 1.29 is 19.5 Å². The molecule has 0 spiro atoms. The number of nitrogens with zero attached hydrogens (tertiary/aromatic N) is 1. The van der Waals surface area contributed by atoms with Crippen LogP contribution in [0.1, 0.15) is 28.8 Å². The van der Waals surface area contributed by atoms with E-state index in [0.29, 0.717) is 5.56 Å².